The van der Waals surface area contributed by atoms with Gasteiger partial charge < -0.3 is 15.5 Å². The average Bonchev–Trinajstić information content (AvgIpc) is 3.16. The van der Waals surface area contributed by atoms with Crippen LogP contribution in [0.2, 0.25) is 0 Å². The molecule has 2 N–H and O–H groups in total. The zero-order valence-electron chi connectivity index (χ0n) is 17.2. The summed E-state index contributed by atoms with van der Waals surface area (Å²) in [5.41, 5.74) is 7.58. The first-order chi connectivity index (χ1) is 13.6. The Kier molecular flexibility index (Phi) is 6.87. The van der Waals surface area contributed by atoms with E-state index in [9.17, 15) is 4.79 Å². The number of benzene rings is 2. The second-order valence-corrected chi connectivity index (χ2v) is 7.71. The number of nitrogens with two attached hydrogens (primary N) is 1. The first kappa shape index (κ1) is 20.6. The maximum Gasteiger partial charge on any atom is 0.237 e. The molecule has 150 valence electrons. The molecule has 0 bridgehead atoms. The van der Waals surface area contributed by atoms with E-state index in [1.54, 1.807) is 0 Å². The molecule has 1 aliphatic rings. The molecule has 4 nitrogen and oxygen atoms in total. The van der Waals surface area contributed by atoms with Crippen LogP contribution in [0.4, 0.5) is 0 Å². The molecule has 1 fully saturated rings. The van der Waals surface area contributed by atoms with Crippen LogP contribution >= 0.6 is 0 Å². The van der Waals surface area contributed by atoms with Gasteiger partial charge >= 0.3 is 0 Å². The third-order valence-corrected chi connectivity index (χ3v) is 6.06. The standard InChI is InChI=1S/C24H33N3O/c1-3-27(4-2)23(28)24(20-11-7-5-8-12-20,21-13-9-6-10-14-21)16-18-26-17-15-22(25)19-26/h5-14,22H,3-4,15-19,25H2,1-2H3/t22-/m0/s1. The van der Waals surface area contributed by atoms with Crippen molar-refractivity contribution in [2.45, 2.75) is 38.1 Å². The molecule has 0 aliphatic carbocycles. The Balaban J connectivity index is 2.07. The summed E-state index contributed by atoms with van der Waals surface area (Å²) in [6.45, 7) is 8.34. The van der Waals surface area contributed by atoms with Crippen molar-refractivity contribution in [1.29, 1.82) is 0 Å². The number of rotatable bonds is 8. The number of nitrogens with zero attached hydrogens (tertiary/aromatic N) is 2. The molecule has 0 unspecified atom stereocenters. The van der Waals surface area contributed by atoms with Gasteiger partial charge in [0.1, 0.15) is 5.41 Å². The molecule has 0 spiro atoms. The van der Waals surface area contributed by atoms with E-state index >= 15 is 0 Å². The van der Waals surface area contributed by atoms with Crippen LogP contribution in [0.3, 0.4) is 0 Å². The third-order valence-electron chi connectivity index (χ3n) is 6.06. The van der Waals surface area contributed by atoms with Crippen LogP contribution in [-0.2, 0) is 10.2 Å². The quantitative estimate of drug-likeness (QED) is 0.766. The van der Waals surface area contributed by atoms with Crippen LogP contribution in [0.25, 0.3) is 0 Å². The van der Waals surface area contributed by atoms with Gasteiger partial charge in [-0.15, -0.1) is 0 Å². The number of hydrogen-bond donors (Lipinski definition) is 1. The predicted octanol–water partition coefficient (Wildman–Crippen LogP) is 3.26. The molecule has 0 saturated carbocycles. The zero-order chi connectivity index (χ0) is 20.0. The number of carbonyl (C=O) groups is 1. The molecule has 2 aromatic rings. The molecule has 1 atom stereocenters. The summed E-state index contributed by atoms with van der Waals surface area (Å²) in [5, 5.41) is 0. The summed E-state index contributed by atoms with van der Waals surface area (Å²) in [6.07, 6.45) is 1.79. The Morgan fingerprint density at radius 3 is 2.00 bits per heavy atom. The van der Waals surface area contributed by atoms with Gasteiger partial charge in [-0.2, -0.15) is 0 Å². The highest BCUT2D eigenvalue weighted by Gasteiger charge is 2.44. The second-order valence-electron chi connectivity index (χ2n) is 7.71. The fraction of sp³-hybridized carbons (Fsp3) is 0.458. The van der Waals surface area contributed by atoms with E-state index < -0.39 is 5.41 Å². The molecule has 1 amide bonds. The van der Waals surface area contributed by atoms with E-state index in [0.717, 1.165) is 43.6 Å². The Hall–Kier alpha value is -2.17. The van der Waals surface area contributed by atoms with Gasteiger partial charge in [0.2, 0.25) is 5.91 Å². The van der Waals surface area contributed by atoms with E-state index in [2.05, 4.69) is 43.0 Å². The van der Waals surface area contributed by atoms with Crippen LogP contribution in [0.15, 0.2) is 60.7 Å². The van der Waals surface area contributed by atoms with Crippen LogP contribution in [0.1, 0.15) is 37.8 Å². The topological polar surface area (TPSA) is 49.6 Å². The fourth-order valence-corrected chi connectivity index (χ4v) is 4.43. The highest BCUT2D eigenvalue weighted by Crippen LogP contribution is 2.38. The van der Waals surface area contributed by atoms with E-state index in [1.807, 2.05) is 41.3 Å². The molecule has 1 saturated heterocycles. The summed E-state index contributed by atoms with van der Waals surface area (Å²) in [4.78, 5) is 18.4. The Labute approximate surface area is 169 Å². The summed E-state index contributed by atoms with van der Waals surface area (Å²) in [5.74, 6) is 0.193. The van der Waals surface area contributed by atoms with Crippen molar-refractivity contribution >= 4 is 5.91 Å². The van der Waals surface area contributed by atoms with E-state index in [4.69, 9.17) is 5.73 Å². The minimum Gasteiger partial charge on any atom is -0.342 e. The number of likely N-dealkylation sites (N-methyl/N-ethyl adjacent to an activating group) is 1. The fourth-order valence-electron chi connectivity index (χ4n) is 4.43. The lowest BCUT2D eigenvalue weighted by atomic mass is 9.70. The largest absolute Gasteiger partial charge is 0.342 e. The van der Waals surface area contributed by atoms with Gasteiger partial charge in [-0.05, 0) is 50.9 Å². The first-order valence-electron chi connectivity index (χ1n) is 10.5. The minimum absolute atomic E-state index is 0.193. The lowest BCUT2D eigenvalue weighted by molar-refractivity contribution is -0.136. The molecule has 2 aromatic carbocycles. The lowest BCUT2D eigenvalue weighted by Gasteiger charge is -2.39. The summed E-state index contributed by atoms with van der Waals surface area (Å²) < 4.78 is 0. The number of carbonyl (C=O) groups excluding carboxylic acids is 1. The molecule has 28 heavy (non-hydrogen) atoms. The van der Waals surface area contributed by atoms with Crippen LogP contribution in [0, 0.1) is 0 Å². The Bertz CT molecular complexity index is 703. The zero-order valence-corrected chi connectivity index (χ0v) is 17.2. The van der Waals surface area contributed by atoms with Gasteiger partial charge in [0, 0.05) is 25.7 Å². The van der Waals surface area contributed by atoms with Gasteiger partial charge in [-0.1, -0.05) is 60.7 Å². The van der Waals surface area contributed by atoms with Crippen LogP contribution in [0.5, 0.6) is 0 Å². The van der Waals surface area contributed by atoms with Crippen LogP contribution in [-0.4, -0.2) is 54.5 Å². The summed E-state index contributed by atoms with van der Waals surface area (Å²) >= 11 is 0. The summed E-state index contributed by atoms with van der Waals surface area (Å²) in [7, 11) is 0. The SMILES string of the molecule is CCN(CC)C(=O)C(CCN1CC[C@H](N)C1)(c1ccccc1)c1ccccc1. The maximum atomic E-state index is 14.0. The van der Waals surface area contributed by atoms with E-state index in [-0.39, 0.29) is 11.9 Å². The monoisotopic (exact) mass is 379 g/mol. The van der Waals surface area contributed by atoms with Gasteiger partial charge in [-0.3, -0.25) is 4.79 Å². The molecular weight excluding hydrogens is 346 g/mol. The first-order valence-corrected chi connectivity index (χ1v) is 10.5. The lowest BCUT2D eigenvalue weighted by Crippen LogP contribution is -2.49. The van der Waals surface area contributed by atoms with E-state index in [1.165, 1.54) is 0 Å². The van der Waals surface area contributed by atoms with Gasteiger partial charge in [-0.25, -0.2) is 0 Å². The van der Waals surface area contributed by atoms with Crippen molar-refractivity contribution in [3.63, 3.8) is 0 Å². The molecule has 1 aliphatic heterocycles. The molecule has 1 heterocycles. The van der Waals surface area contributed by atoms with Gasteiger partial charge in [0.15, 0.2) is 0 Å². The maximum absolute atomic E-state index is 14.0. The molecule has 4 heteroatoms. The summed E-state index contributed by atoms with van der Waals surface area (Å²) in [6, 6.07) is 20.8. The molecule has 0 aromatic heterocycles. The third kappa shape index (κ3) is 4.13. The number of likely N-dealkylation sites (tertiary alicyclic amines) is 1. The van der Waals surface area contributed by atoms with Crippen molar-refractivity contribution in [1.82, 2.24) is 9.80 Å². The molecular formula is C24H33N3O. The van der Waals surface area contributed by atoms with E-state index in [0.29, 0.717) is 13.1 Å². The Morgan fingerprint density at radius 1 is 1.04 bits per heavy atom. The van der Waals surface area contributed by atoms with Crippen LogP contribution < -0.4 is 5.73 Å². The van der Waals surface area contributed by atoms with Crippen molar-refractivity contribution in [3.05, 3.63) is 71.8 Å². The average molecular weight is 380 g/mol. The highest BCUT2D eigenvalue weighted by molar-refractivity contribution is 5.92. The molecule has 0 radical (unpaired) electrons. The van der Waals surface area contributed by atoms with Gasteiger partial charge in [0.25, 0.3) is 0 Å². The highest BCUT2D eigenvalue weighted by atomic mass is 16.2. The van der Waals surface area contributed by atoms with Crippen molar-refractivity contribution < 1.29 is 4.79 Å². The molecule has 3 rings (SSSR count). The van der Waals surface area contributed by atoms with Gasteiger partial charge in [0.05, 0.1) is 0 Å². The van der Waals surface area contributed by atoms with Crippen molar-refractivity contribution in [2.24, 2.45) is 5.73 Å². The number of amides is 1. The number of hydrogen-bond acceptors (Lipinski definition) is 3. The van der Waals surface area contributed by atoms with Crippen molar-refractivity contribution in [2.75, 3.05) is 32.7 Å². The minimum atomic E-state index is -0.679. The Morgan fingerprint density at radius 2 is 1.57 bits per heavy atom. The normalized spacial score (nSPS) is 17.6. The van der Waals surface area contributed by atoms with Crippen molar-refractivity contribution in [3.8, 4) is 0 Å². The predicted molar refractivity (Wildman–Crippen MR) is 115 cm³/mol. The smallest absolute Gasteiger partial charge is 0.237 e. The second kappa shape index (κ2) is 9.35.